The molecule has 2 aromatic carbocycles. The van der Waals surface area contributed by atoms with E-state index >= 15 is 0 Å². The number of fused-ring (bicyclic) bond motifs is 2. The third kappa shape index (κ3) is 2.74. The number of para-hydroxylation sites is 1. The Morgan fingerprint density at radius 3 is 2.76 bits per heavy atom. The number of carbonyl (C=O) groups excluding carboxylic acids is 2. The van der Waals surface area contributed by atoms with E-state index < -0.39 is 11.6 Å². The van der Waals surface area contributed by atoms with Gasteiger partial charge in [-0.15, -0.1) is 0 Å². The number of hydrogen-bond donors (Lipinski definition) is 1. The number of hydrogen-bond acceptors (Lipinski definition) is 6. The molecule has 1 aromatic heterocycles. The van der Waals surface area contributed by atoms with Gasteiger partial charge in [0.05, 0.1) is 6.61 Å². The topological polar surface area (TPSA) is 97.6 Å². The van der Waals surface area contributed by atoms with Gasteiger partial charge in [-0.1, -0.05) is 23.4 Å². The van der Waals surface area contributed by atoms with Crippen molar-refractivity contribution in [3.05, 3.63) is 65.8 Å². The molecular formula is C20H15FN4O4. The van der Waals surface area contributed by atoms with E-state index in [0.29, 0.717) is 29.9 Å². The minimum absolute atomic E-state index is 0.102. The number of amides is 3. The van der Waals surface area contributed by atoms with Crippen LogP contribution in [-0.2, 0) is 16.9 Å². The maximum atomic E-state index is 13.2. The van der Waals surface area contributed by atoms with Gasteiger partial charge in [0.15, 0.2) is 5.54 Å². The molecule has 1 N–H and O–H groups in total. The zero-order chi connectivity index (χ0) is 20.0. The van der Waals surface area contributed by atoms with Gasteiger partial charge in [-0.05, 0) is 30.3 Å². The van der Waals surface area contributed by atoms with Gasteiger partial charge < -0.3 is 14.6 Å². The highest BCUT2D eigenvalue weighted by atomic mass is 19.1. The summed E-state index contributed by atoms with van der Waals surface area (Å²) in [5.41, 5.74) is 0.0317. The predicted octanol–water partition coefficient (Wildman–Crippen LogP) is 2.61. The van der Waals surface area contributed by atoms with Gasteiger partial charge in [-0.25, -0.2) is 9.18 Å². The fourth-order valence-corrected chi connectivity index (χ4v) is 3.69. The molecular weight excluding hydrogens is 379 g/mol. The first-order valence-electron chi connectivity index (χ1n) is 9.02. The lowest BCUT2D eigenvalue weighted by Gasteiger charge is -2.33. The number of urea groups is 1. The second kappa shape index (κ2) is 6.40. The Labute approximate surface area is 164 Å². The van der Waals surface area contributed by atoms with Crippen LogP contribution in [0.5, 0.6) is 5.75 Å². The van der Waals surface area contributed by atoms with Gasteiger partial charge in [0.1, 0.15) is 18.1 Å². The van der Waals surface area contributed by atoms with Crippen LogP contribution in [0.25, 0.3) is 11.4 Å². The standard InChI is InChI=1S/C20H15FN4O4/c21-13-7-5-12(6-8-13)17-22-16(29-24-17)11-25-18(26)20(23-19(25)27)9-10-28-15-4-2-1-3-14(15)20/h1-8H,9-11H2,(H,23,27)/t20-/m1/s1. The summed E-state index contributed by atoms with van der Waals surface area (Å²) < 4.78 is 23.9. The van der Waals surface area contributed by atoms with Crippen LogP contribution in [0.15, 0.2) is 53.1 Å². The largest absolute Gasteiger partial charge is 0.493 e. The highest BCUT2D eigenvalue weighted by Crippen LogP contribution is 2.41. The lowest BCUT2D eigenvalue weighted by atomic mass is 9.84. The van der Waals surface area contributed by atoms with Crippen molar-refractivity contribution in [2.45, 2.75) is 18.5 Å². The first kappa shape index (κ1) is 17.4. The molecule has 1 spiro atoms. The summed E-state index contributed by atoms with van der Waals surface area (Å²) in [5, 5.41) is 6.67. The first-order valence-corrected chi connectivity index (χ1v) is 9.02. The Kier molecular flexibility index (Phi) is 3.83. The highest BCUT2D eigenvalue weighted by molar-refractivity contribution is 6.07. The number of imide groups is 1. The van der Waals surface area contributed by atoms with Gasteiger partial charge >= 0.3 is 6.03 Å². The lowest BCUT2D eigenvalue weighted by Crippen LogP contribution is -2.47. The molecule has 8 nitrogen and oxygen atoms in total. The van der Waals surface area contributed by atoms with E-state index in [9.17, 15) is 14.0 Å². The van der Waals surface area contributed by atoms with Crippen molar-refractivity contribution < 1.29 is 23.2 Å². The van der Waals surface area contributed by atoms with Crippen LogP contribution in [0.1, 0.15) is 17.9 Å². The van der Waals surface area contributed by atoms with Crippen molar-refractivity contribution in [2.75, 3.05) is 6.61 Å². The molecule has 1 fully saturated rings. The maximum Gasteiger partial charge on any atom is 0.325 e. The van der Waals surface area contributed by atoms with Gasteiger partial charge in [-0.3, -0.25) is 9.69 Å². The molecule has 3 heterocycles. The second-order valence-electron chi connectivity index (χ2n) is 6.84. The van der Waals surface area contributed by atoms with Gasteiger partial charge in [0.2, 0.25) is 11.7 Å². The number of nitrogens with one attached hydrogen (secondary N) is 1. The molecule has 0 unspecified atom stereocenters. The molecule has 0 bridgehead atoms. The third-order valence-corrected chi connectivity index (χ3v) is 5.12. The normalized spacial score (nSPS) is 20.5. The molecule has 2 aliphatic heterocycles. The van der Waals surface area contributed by atoms with E-state index in [2.05, 4.69) is 15.5 Å². The van der Waals surface area contributed by atoms with E-state index in [4.69, 9.17) is 9.26 Å². The Balaban J connectivity index is 1.42. The van der Waals surface area contributed by atoms with E-state index in [1.54, 1.807) is 18.2 Å². The summed E-state index contributed by atoms with van der Waals surface area (Å²) >= 11 is 0. The zero-order valence-electron chi connectivity index (χ0n) is 15.1. The van der Waals surface area contributed by atoms with E-state index in [0.717, 1.165) is 4.90 Å². The van der Waals surface area contributed by atoms with Crippen LogP contribution >= 0.6 is 0 Å². The van der Waals surface area contributed by atoms with Gasteiger partial charge in [0.25, 0.3) is 5.91 Å². The number of nitrogens with zero attached hydrogens (tertiary/aromatic N) is 3. The quantitative estimate of drug-likeness (QED) is 0.686. The van der Waals surface area contributed by atoms with E-state index in [1.165, 1.54) is 24.3 Å². The van der Waals surface area contributed by atoms with Crippen molar-refractivity contribution in [1.29, 1.82) is 0 Å². The number of benzene rings is 2. The molecule has 3 amide bonds. The number of rotatable bonds is 3. The predicted molar refractivity (Wildman–Crippen MR) is 97.0 cm³/mol. The van der Waals surface area contributed by atoms with Crippen LogP contribution in [0.4, 0.5) is 9.18 Å². The zero-order valence-corrected chi connectivity index (χ0v) is 15.1. The van der Waals surface area contributed by atoms with Crippen molar-refractivity contribution in [1.82, 2.24) is 20.4 Å². The Morgan fingerprint density at radius 2 is 1.93 bits per heavy atom. The Bertz CT molecular complexity index is 1110. The fraction of sp³-hybridized carbons (Fsp3) is 0.200. The van der Waals surface area contributed by atoms with Gasteiger partial charge in [0, 0.05) is 17.5 Å². The van der Waals surface area contributed by atoms with Crippen LogP contribution in [0.3, 0.4) is 0 Å². The number of aromatic nitrogens is 2. The molecule has 0 saturated carbocycles. The van der Waals surface area contributed by atoms with Crippen molar-refractivity contribution >= 4 is 11.9 Å². The summed E-state index contributed by atoms with van der Waals surface area (Å²) in [4.78, 5) is 31.1. The van der Waals surface area contributed by atoms with Crippen LogP contribution in [0.2, 0.25) is 0 Å². The Hall–Kier alpha value is -3.75. The minimum atomic E-state index is -1.16. The lowest BCUT2D eigenvalue weighted by molar-refractivity contribution is -0.133. The fourth-order valence-electron chi connectivity index (χ4n) is 3.69. The average Bonchev–Trinajstić information content (AvgIpc) is 3.29. The SMILES string of the molecule is O=C1N[C@@]2(CCOc3ccccc32)C(=O)N1Cc1nc(-c2ccc(F)cc2)no1. The third-order valence-electron chi connectivity index (χ3n) is 5.12. The summed E-state index contributed by atoms with van der Waals surface area (Å²) in [7, 11) is 0. The molecule has 0 radical (unpaired) electrons. The molecule has 146 valence electrons. The molecule has 0 aliphatic carbocycles. The van der Waals surface area contributed by atoms with Crippen LogP contribution in [-0.4, -0.2) is 33.6 Å². The van der Waals surface area contributed by atoms with Gasteiger partial charge in [-0.2, -0.15) is 4.98 Å². The highest BCUT2D eigenvalue weighted by Gasteiger charge is 2.55. The second-order valence-corrected chi connectivity index (χ2v) is 6.84. The molecule has 29 heavy (non-hydrogen) atoms. The maximum absolute atomic E-state index is 13.2. The van der Waals surface area contributed by atoms with Crippen molar-refractivity contribution in [2.24, 2.45) is 0 Å². The first-order chi connectivity index (χ1) is 14.1. The molecule has 5 rings (SSSR count). The average molecular weight is 394 g/mol. The van der Waals surface area contributed by atoms with Crippen molar-refractivity contribution in [3.63, 3.8) is 0 Å². The number of ether oxygens (including phenoxy) is 1. The summed E-state index contributed by atoms with van der Waals surface area (Å²) in [6.07, 6.45) is 0.329. The van der Waals surface area contributed by atoms with E-state index in [1.807, 2.05) is 6.07 Å². The van der Waals surface area contributed by atoms with E-state index in [-0.39, 0.29) is 30.0 Å². The van der Waals surface area contributed by atoms with Crippen molar-refractivity contribution in [3.8, 4) is 17.1 Å². The summed E-state index contributed by atoms with van der Waals surface area (Å²) in [6, 6.07) is 12.2. The molecule has 9 heteroatoms. The molecule has 1 saturated heterocycles. The monoisotopic (exact) mass is 394 g/mol. The van der Waals surface area contributed by atoms with Crippen LogP contribution < -0.4 is 10.1 Å². The minimum Gasteiger partial charge on any atom is -0.493 e. The number of halogens is 1. The molecule has 1 atom stereocenters. The molecule has 3 aromatic rings. The number of carbonyl (C=O) groups is 2. The van der Waals surface area contributed by atoms with Crippen LogP contribution in [0, 0.1) is 5.82 Å². The molecule has 2 aliphatic rings. The summed E-state index contributed by atoms with van der Waals surface area (Å²) in [5.74, 6) is 0.160. The smallest absolute Gasteiger partial charge is 0.325 e. The Morgan fingerprint density at radius 1 is 1.14 bits per heavy atom. The summed E-state index contributed by atoms with van der Waals surface area (Å²) in [6.45, 7) is 0.149.